The van der Waals surface area contributed by atoms with Crippen LogP contribution in [0.15, 0.2) is 62.8 Å². The van der Waals surface area contributed by atoms with E-state index in [-0.39, 0.29) is 0 Å². The summed E-state index contributed by atoms with van der Waals surface area (Å²) in [6, 6.07) is 15.1. The second kappa shape index (κ2) is 5.73. The van der Waals surface area contributed by atoms with E-state index in [1.807, 2.05) is 36.4 Å². The van der Waals surface area contributed by atoms with Crippen molar-refractivity contribution in [1.82, 2.24) is 0 Å². The van der Waals surface area contributed by atoms with Gasteiger partial charge >= 0.3 is 7.12 Å². The van der Waals surface area contributed by atoms with E-state index in [0.717, 1.165) is 14.3 Å². The van der Waals surface area contributed by atoms with Crippen molar-refractivity contribution in [2.24, 2.45) is 0 Å². The van der Waals surface area contributed by atoms with Crippen molar-refractivity contribution in [3.05, 3.63) is 53.0 Å². The molecule has 86 valence electrons. The van der Waals surface area contributed by atoms with Gasteiger partial charge in [0.05, 0.1) is 0 Å². The fraction of sp³-hybridized carbons (Fsp3) is 0. The maximum absolute atomic E-state index is 9.11. The third-order valence-corrected chi connectivity index (χ3v) is 4.24. The van der Waals surface area contributed by atoms with Crippen LogP contribution in [-0.2, 0) is 0 Å². The van der Waals surface area contributed by atoms with E-state index in [1.54, 1.807) is 23.9 Å². The largest absolute Gasteiger partial charge is 0.488 e. The zero-order valence-electron chi connectivity index (χ0n) is 8.88. The summed E-state index contributed by atoms with van der Waals surface area (Å²) in [6.45, 7) is 0. The van der Waals surface area contributed by atoms with Gasteiger partial charge in [0.25, 0.3) is 0 Å². The maximum Gasteiger partial charge on any atom is 0.488 e. The fourth-order valence-electron chi connectivity index (χ4n) is 1.39. The highest BCUT2D eigenvalue weighted by molar-refractivity contribution is 9.10. The Kier molecular flexibility index (Phi) is 4.28. The number of benzene rings is 2. The van der Waals surface area contributed by atoms with Crippen molar-refractivity contribution in [2.45, 2.75) is 9.79 Å². The van der Waals surface area contributed by atoms with Gasteiger partial charge in [-0.05, 0) is 45.7 Å². The molecule has 0 unspecified atom stereocenters. The molecule has 2 nitrogen and oxygen atoms in total. The van der Waals surface area contributed by atoms with Crippen LogP contribution in [0.1, 0.15) is 0 Å². The minimum Gasteiger partial charge on any atom is -0.423 e. The predicted octanol–water partition coefficient (Wildman–Crippen LogP) is 2.28. The summed E-state index contributed by atoms with van der Waals surface area (Å²) in [5, 5.41) is 18.2. The molecular weight excluding hydrogens is 299 g/mol. The molecule has 0 aliphatic carbocycles. The molecule has 0 aromatic heterocycles. The molecule has 0 atom stereocenters. The van der Waals surface area contributed by atoms with E-state index < -0.39 is 7.12 Å². The first-order valence-corrected chi connectivity index (χ1v) is 6.66. The first kappa shape index (κ1) is 12.7. The van der Waals surface area contributed by atoms with Crippen molar-refractivity contribution in [3.63, 3.8) is 0 Å². The molecule has 0 amide bonds. The molecule has 2 N–H and O–H groups in total. The van der Waals surface area contributed by atoms with Gasteiger partial charge in [0.1, 0.15) is 0 Å². The Morgan fingerprint density at radius 3 is 2.47 bits per heavy atom. The molecule has 2 aromatic rings. The summed E-state index contributed by atoms with van der Waals surface area (Å²) < 4.78 is 1.03. The summed E-state index contributed by atoms with van der Waals surface area (Å²) in [5.74, 6) is 0. The van der Waals surface area contributed by atoms with E-state index in [4.69, 9.17) is 10.0 Å². The van der Waals surface area contributed by atoms with E-state index in [0.29, 0.717) is 5.46 Å². The monoisotopic (exact) mass is 308 g/mol. The minimum atomic E-state index is -1.42. The average molecular weight is 309 g/mol. The van der Waals surface area contributed by atoms with E-state index in [9.17, 15) is 0 Å². The Hall–Kier alpha value is -0.745. The molecule has 0 aliphatic heterocycles. The van der Waals surface area contributed by atoms with Crippen molar-refractivity contribution >= 4 is 40.3 Å². The van der Waals surface area contributed by atoms with Gasteiger partial charge in [0.15, 0.2) is 0 Å². The van der Waals surface area contributed by atoms with Gasteiger partial charge < -0.3 is 10.0 Å². The molecule has 2 aromatic carbocycles. The molecule has 17 heavy (non-hydrogen) atoms. The summed E-state index contributed by atoms with van der Waals surface area (Å²) in [5.41, 5.74) is 0.502. The number of hydrogen-bond acceptors (Lipinski definition) is 3. The first-order chi connectivity index (χ1) is 8.16. The molecule has 0 saturated heterocycles. The lowest BCUT2D eigenvalue weighted by Gasteiger charge is -2.06. The Labute approximate surface area is 113 Å². The Balaban J connectivity index is 2.25. The summed E-state index contributed by atoms with van der Waals surface area (Å²) in [4.78, 5) is 2.07. The van der Waals surface area contributed by atoms with Crippen LogP contribution in [0.2, 0.25) is 0 Å². The third-order valence-electron chi connectivity index (χ3n) is 2.22. The molecule has 0 saturated carbocycles. The lowest BCUT2D eigenvalue weighted by molar-refractivity contribution is 0.425. The SMILES string of the molecule is OB(O)c1cccc(Sc2ccccc2Br)c1. The topological polar surface area (TPSA) is 40.5 Å². The van der Waals surface area contributed by atoms with Crippen molar-refractivity contribution in [1.29, 1.82) is 0 Å². The zero-order valence-corrected chi connectivity index (χ0v) is 11.3. The van der Waals surface area contributed by atoms with Crippen LogP contribution >= 0.6 is 27.7 Å². The zero-order chi connectivity index (χ0) is 12.3. The van der Waals surface area contributed by atoms with Gasteiger partial charge in [-0.3, -0.25) is 0 Å². The number of hydrogen-bond donors (Lipinski definition) is 2. The number of halogens is 1. The standard InChI is InChI=1S/C12H10BBrO2S/c14-11-6-1-2-7-12(11)17-10-5-3-4-9(8-10)13(15)16/h1-8,15-16H. The summed E-state index contributed by atoms with van der Waals surface area (Å²) >= 11 is 5.06. The number of rotatable bonds is 3. The van der Waals surface area contributed by atoms with Crippen LogP contribution in [0.3, 0.4) is 0 Å². The smallest absolute Gasteiger partial charge is 0.423 e. The Bertz CT molecular complexity index is 519. The average Bonchev–Trinajstić information content (AvgIpc) is 2.32. The second-order valence-electron chi connectivity index (χ2n) is 3.48. The lowest BCUT2D eigenvalue weighted by atomic mass is 9.80. The van der Waals surface area contributed by atoms with E-state index >= 15 is 0 Å². The highest BCUT2D eigenvalue weighted by Gasteiger charge is 2.11. The minimum absolute atomic E-state index is 0.502. The second-order valence-corrected chi connectivity index (χ2v) is 5.45. The molecule has 0 fully saturated rings. The van der Waals surface area contributed by atoms with Crippen molar-refractivity contribution in [2.75, 3.05) is 0 Å². The van der Waals surface area contributed by atoms with Gasteiger partial charge in [-0.15, -0.1) is 0 Å². The van der Waals surface area contributed by atoms with Crippen LogP contribution in [0.5, 0.6) is 0 Å². The van der Waals surface area contributed by atoms with Crippen LogP contribution < -0.4 is 5.46 Å². The quantitative estimate of drug-likeness (QED) is 0.855. The Morgan fingerprint density at radius 2 is 1.76 bits per heavy atom. The van der Waals surface area contributed by atoms with Crippen LogP contribution in [0, 0.1) is 0 Å². The summed E-state index contributed by atoms with van der Waals surface area (Å²) in [7, 11) is -1.42. The molecule has 0 radical (unpaired) electrons. The normalized spacial score (nSPS) is 10.3. The van der Waals surface area contributed by atoms with E-state index in [2.05, 4.69) is 15.9 Å². The Morgan fingerprint density at radius 1 is 1.00 bits per heavy atom. The molecule has 0 heterocycles. The highest BCUT2D eigenvalue weighted by atomic mass is 79.9. The van der Waals surface area contributed by atoms with Crippen LogP contribution in [0.4, 0.5) is 0 Å². The van der Waals surface area contributed by atoms with Gasteiger partial charge in [-0.1, -0.05) is 36.0 Å². The van der Waals surface area contributed by atoms with Gasteiger partial charge in [0.2, 0.25) is 0 Å². The fourth-order valence-corrected chi connectivity index (χ4v) is 2.83. The van der Waals surface area contributed by atoms with Gasteiger partial charge in [-0.2, -0.15) is 0 Å². The van der Waals surface area contributed by atoms with Crippen molar-refractivity contribution in [3.8, 4) is 0 Å². The molecule has 5 heteroatoms. The van der Waals surface area contributed by atoms with E-state index in [1.165, 1.54) is 0 Å². The van der Waals surface area contributed by atoms with Crippen molar-refractivity contribution < 1.29 is 10.0 Å². The molecule has 0 aliphatic rings. The van der Waals surface area contributed by atoms with Gasteiger partial charge in [-0.25, -0.2) is 0 Å². The molecule has 2 rings (SSSR count). The predicted molar refractivity (Wildman–Crippen MR) is 74.5 cm³/mol. The molecule has 0 spiro atoms. The highest BCUT2D eigenvalue weighted by Crippen LogP contribution is 2.32. The lowest BCUT2D eigenvalue weighted by Crippen LogP contribution is -2.29. The molecule has 0 bridgehead atoms. The maximum atomic E-state index is 9.11. The van der Waals surface area contributed by atoms with Crippen LogP contribution in [-0.4, -0.2) is 17.2 Å². The molecular formula is C12H10BBrO2S. The third kappa shape index (κ3) is 3.36. The van der Waals surface area contributed by atoms with Crippen LogP contribution in [0.25, 0.3) is 0 Å². The first-order valence-electron chi connectivity index (χ1n) is 5.05. The van der Waals surface area contributed by atoms with Gasteiger partial charge in [0, 0.05) is 14.3 Å². The summed E-state index contributed by atoms with van der Waals surface area (Å²) in [6.07, 6.45) is 0.